The Morgan fingerprint density at radius 1 is 1.15 bits per heavy atom. The molecule has 2 heterocycles. The lowest BCUT2D eigenvalue weighted by atomic mass is 10.2. The standard InChI is InChI=1S/C14H16N6/c1-9-12-14(20(19-18-12)10(2)15-3)17-13(16-9)11-7-5-4-6-8-11/h4-8,10,15H,1-3H3. The van der Waals surface area contributed by atoms with Crippen molar-refractivity contribution < 1.29 is 0 Å². The quantitative estimate of drug-likeness (QED) is 0.786. The number of hydrogen-bond donors (Lipinski definition) is 1. The fourth-order valence-electron chi connectivity index (χ4n) is 2.06. The van der Waals surface area contributed by atoms with Gasteiger partial charge in [0.05, 0.1) is 5.69 Å². The van der Waals surface area contributed by atoms with Crippen LogP contribution in [0.4, 0.5) is 0 Å². The van der Waals surface area contributed by atoms with Crippen LogP contribution in [0.2, 0.25) is 0 Å². The molecule has 3 rings (SSSR count). The number of hydrogen-bond acceptors (Lipinski definition) is 5. The molecule has 0 saturated carbocycles. The van der Waals surface area contributed by atoms with Crippen molar-refractivity contribution in [1.82, 2.24) is 30.3 Å². The summed E-state index contributed by atoms with van der Waals surface area (Å²) in [4.78, 5) is 9.14. The van der Waals surface area contributed by atoms with Gasteiger partial charge in [-0.25, -0.2) is 14.6 Å². The number of fused-ring (bicyclic) bond motifs is 1. The summed E-state index contributed by atoms with van der Waals surface area (Å²) >= 11 is 0. The third kappa shape index (κ3) is 2.04. The van der Waals surface area contributed by atoms with Crippen LogP contribution in [0.5, 0.6) is 0 Å². The lowest BCUT2D eigenvalue weighted by Gasteiger charge is -2.10. The monoisotopic (exact) mass is 268 g/mol. The summed E-state index contributed by atoms with van der Waals surface area (Å²) < 4.78 is 1.77. The predicted molar refractivity (Wildman–Crippen MR) is 77.1 cm³/mol. The van der Waals surface area contributed by atoms with Crippen LogP contribution in [0.1, 0.15) is 18.8 Å². The molecule has 0 radical (unpaired) electrons. The maximum Gasteiger partial charge on any atom is 0.184 e. The number of benzene rings is 1. The fourth-order valence-corrected chi connectivity index (χ4v) is 2.06. The topological polar surface area (TPSA) is 68.5 Å². The van der Waals surface area contributed by atoms with Crippen LogP contribution in [0.25, 0.3) is 22.6 Å². The van der Waals surface area contributed by atoms with Gasteiger partial charge in [0, 0.05) is 5.56 Å². The van der Waals surface area contributed by atoms with Crippen molar-refractivity contribution in [2.75, 3.05) is 7.05 Å². The van der Waals surface area contributed by atoms with Gasteiger partial charge >= 0.3 is 0 Å². The zero-order chi connectivity index (χ0) is 14.1. The van der Waals surface area contributed by atoms with Crippen LogP contribution >= 0.6 is 0 Å². The van der Waals surface area contributed by atoms with Crippen molar-refractivity contribution in [3.63, 3.8) is 0 Å². The summed E-state index contributed by atoms with van der Waals surface area (Å²) in [6.45, 7) is 3.94. The van der Waals surface area contributed by atoms with Gasteiger partial charge in [0.1, 0.15) is 6.17 Å². The molecular formula is C14H16N6. The van der Waals surface area contributed by atoms with E-state index in [4.69, 9.17) is 0 Å². The largest absolute Gasteiger partial charge is 0.299 e. The summed E-state index contributed by atoms with van der Waals surface area (Å²) in [5.74, 6) is 0.697. The van der Waals surface area contributed by atoms with E-state index >= 15 is 0 Å². The van der Waals surface area contributed by atoms with E-state index in [1.54, 1.807) is 4.68 Å². The van der Waals surface area contributed by atoms with E-state index < -0.39 is 0 Å². The molecule has 6 heteroatoms. The fraction of sp³-hybridized carbons (Fsp3) is 0.286. The van der Waals surface area contributed by atoms with Gasteiger partial charge in [0.15, 0.2) is 17.0 Å². The minimum Gasteiger partial charge on any atom is -0.299 e. The molecule has 0 bridgehead atoms. The molecule has 20 heavy (non-hydrogen) atoms. The van der Waals surface area contributed by atoms with E-state index in [0.29, 0.717) is 5.82 Å². The van der Waals surface area contributed by atoms with Gasteiger partial charge in [-0.1, -0.05) is 35.5 Å². The number of rotatable bonds is 3. The molecular weight excluding hydrogens is 252 g/mol. The van der Waals surface area contributed by atoms with E-state index in [1.807, 2.05) is 51.2 Å². The highest BCUT2D eigenvalue weighted by Gasteiger charge is 2.15. The number of nitrogens with one attached hydrogen (secondary N) is 1. The first-order chi connectivity index (χ1) is 9.70. The highest BCUT2D eigenvalue weighted by atomic mass is 15.5. The summed E-state index contributed by atoms with van der Waals surface area (Å²) in [5.41, 5.74) is 3.32. The normalized spacial score (nSPS) is 12.8. The molecule has 0 saturated heterocycles. The Morgan fingerprint density at radius 3 is 2.60 bits per heavy atom. The Morgan fingerprint density at radius 2 is 1.90 bits per heavy atom. The smallest absolute Gasteiger partial charge is 0.184 e. The lowest BCUT2D eigenvalue weighted by Crippen LogP contribution is -2.21. The molecule has 102 valence electrons. The molecule has 1 N–H and O–H groups in total. The van der Waals surface area contributed by atoms with Crippen LogP contribution in [-0.2, 0) is 0 Å². The zero-order valence-electron chi connectivity index (χ0n) is 11.7. The first-order valence-electron chi connectivity index (χ1n) is 6.53. The van der Waals surface area contributed by atoms with Gasteiger partial charge in [0.2, 0.25) is 0 Å². The van der Waals surface area contributed by atoms with Crippen LogP contribution in [0, 0.1) is 6.92 Å². The summed E-state index contributed by atoms with van der Waals surface area (Å²) in [7, 11) is 1.88. The Labute approximate surface area is 116 Å². The summed E-state index contributed by atoms with van der Waals surface area (Å²) in [6.07, 6.45) is 0.0259. The molecule has 0 aliphatic carbocycles. The molecule has 0 aliphatic heterocycles. The van der Waals surface area contributed by atoms with Crippen molar-refractivity contribution in [3.8, 4) is 11.4 Å². The van der Waals surface area contributed by atoms with Gasteiger partial charge in [0.25, 0.3) is 0 Å². The zero-order valence-corrected chi connectivity index (χ0v) is 11.7. The predicted octanol–water partition coefficient (Wildman–Crippen LogP) is 1.93. The first-order valence-corrected chi connectivity index (χ1v) is 6.53. The van der Waals surface area contributed by atoms with Crippen LogP contribution in [-0.4, -0.2) is 32.0 Å². The van der Waals surface area contributed by atoms with E-state index in [1.165, 1.54) is 0 Å². The average Bonchev–Trinajstić information content (AvgIpc) is 2.92. The molecule has 6 nitrogen and oxygen atoms in total. The Kier molecular flexibility index (Phi) is 3.15. The lowest BCUT2D eigenvalue weighted by molar-refractivity contribution is 0.431. The number of nitrogens with zero attached hydrogens (tertiary/aromatic N) is 5. The van der Waals surface area contributed by atoms with Crippen LogP contribution in [0.3, 0.4) is 0 Å². The molecule has 3 aromatic rings. The second-order valence-corrected chi connectivity index (χ2v) is 4.67. The van der Waals surface area contributed by atoms with Gasteiger partial charge in [-0.2, -0.15) is 0 Å². The van der Waals surface area contributed by atoms with Gasteiger partial charge < -0.3 is 0 Å². The second kappa shape index (κ2) is 4.97. The maximum atomic E-state index is 4.62. The molecule has 1 atom stereocenters. The van der Waals surface area contributed by atoms with Gasteiger partial charge in [-0.05, 0) is 20.9 Å². The molecule has 1 unspecified atom stereocenters. The molecule has 1 aromatic carbocycles. The maximum absolute atomic E-state index is 4.62. The Bertz CT molecular complexity index is 734. The van der Waals surface area contributed by atoms with Crippen LogP contribution < -0.4 is 5.32 Å². The summed E-state index contributed by atoms with van der Waals surface area (Å²) in [5, 5.41) is 11.5. The van der Waals surface area contributed by atoms with E-state index in [2.05, 4.69) is 25.6 Å². The highest BCUT2D eigenvalue weighted by molar-refractivity contribution is 5.75. The molecule has 0 fully saturated rings. The summed E-state index contributed by atoms with van der Waals surface area (Å²) in [6, 6.07) is 9.92. The van der Waals surface area contributed by atoms with Gasteiger partial charge in [-0.15, -0.1) is 5.10 Å². The molecule has 2 aromatic heterocycles. The van der Waals surface area contributed by atoms with Crippen molar-refractivity contribution >= 4 is 11.2 Å². The number of aromatic nitrogens is 5. The third-order valence-electron chi connectivity index (χ3n) is 3.31. The second-order valence-electron chi connectivity index (χ2n) is 4.67. The van der Waals surface area contributed by atoms with E-state index in [-0.39, 0.29) is 6.17 Å². The minimum atomic E-state index is 0.0259. The van der Waals surface area contributed by atoms with Crippen molar-refractivity contribution in [2.45, 2.75) is 20.0 Å². The SMILES string of the molecule is CNC(C)n1nnc2c(C)nc(-c3ccccc3)nc21. The Balaban J connectivity index is 2.21. The van der Waals surface area contributed by atoms with Crippen LogP contribution in [0.15, 0.2) is 30.3 Å². The van der Waals surface area contributed by atoms with E-state index in [0.717, 1.165) is 22.4 Å². The van der Waals surface area contributed by atoms with Crippen molar-refractivity contribution in [2.24, 2.45) is 0 Å². The molecule has 0 spiro atoms. The average molecular weight is 268 g/mol. The highest BCUT2D eigenvalue weighted by Crippen LogP contribution is 2.20. The molecule has 0 aliphatic rings. The Hall–Kier alpha value is -2.34. The number of aryl methyl sites for hydroxylation is 1. The van der Waals surface area contributed by atoms with Gasteiger partial charge in [-0.3, -0.25) is 5.32 Å². The van der Waals surface area contributed by atoms with Crippen molar-refractivity contribution in [1.29, 1.82) is 0 Å². The first kappa shape index (κ1) is 12.7. The third-order valence-corrected chi connectivity index (χ3v) is 3.31. The van der Waals surface area contributed by atoms with E-state index in [9.17, 15) is 0 Å². The minimum absolute atomic E-state index is 0.0259. The van der Waals surface area contributed by atoms with Crippen molar-refractivity contribution in [3.05, 3.63) is 36.0 Å². The molecule has 0 amide bonds.